The van der Waals surface area contributed by atoms with Gasteiger partial charge in [0.15, 0.2) is 0 Å². The maximum atomic E-state index is 12.2. The lowest BCUT2D eigenvalue weighted by Crippen LogP contribution is -2.34. The molecule has 6 nitrogen and oxygen atoms in total. The molecule has 0 aliphatic rings. The molecule has 2 heterocycles. The highest BCUT2D eigenvalue weighted by Gasteiger charge is 2.23. The molecule has 0 bridgehead atoms. The van der Waals surface area contributed by atoms with Crippen molar-refractivity contribution in [3.05, 3.63) is 41.7 Å². The van der Waals surface area contributed by atoms with Gasteiger partial charge in [0.05, 0.1) is 6.26 Å². The molecule has 0 fully saturated rings. The summed E-state index contributed by atoms with van der Waals surface area (Å²) in [6.07, 6.45) is 2.00. The monoisotopic (exact) mass is 299 g/mol. The van der Waals surface area contributed by atoms with Crippen LogP contribution in [0.15, 0.2) is 38.2 Å². The van der Waals surface area contributed by atoms with Gasteiger partial charge in [0.1, 0.15) is 28.8 Å². The van der Waals surface area contributed by atoms with E-state index >= 15 is 0 Å². The number of aliphatic hydroxyl groups is 1. The van der Waals surface area contributed by atoms with E-state index in [1.165, 1.54) is 6.07 Å². The third-order valence-corrected chi connectivity index (χ3v) is 4.51. The Morgan fingerprint density at radius 3 is 2.70 bits per heavy atom. The molecule has 1 atom stereocenters. The van der Waals surface area contributed by atoms with Gasteiger partial charge in [-0.15, -0.1) is 0 Å². The normalized spacial score (nSPS) is 13.6. The lowest BCUT2D eigenvalue weighted by Gasteiger charge is -2.12. The van der Waals surface area contributed by atoms with Crippen LogP contribution in [-0.2, 0) is 23.1 Å². The highest BCUT2D eigenvalue weighted by atomic mass is 32.2. The summed E-state index contributed by atoms with van der Waals surface area (Å²) >= 11 is 0. The minimum atomic E-state index is -3.68. The molecule has 0 aliphatic heterocycles. The number of nitrogens with one attached hydrogen (secondary N) is 1. The zero-order valence-electron chi connectivity index (χ0n) is 11.3. The van der Waals surface area contributed by atoms with Gasteiger partial charge in [-0.1, -0.05) is 0 Å². The molecule has 2 N–H and O–H groups in total. The van der Waals surface area contributed by atoms with Crippen LogP contribution in [0.5, 0.6) is 0 Å². The predicted octanol–water partition coefficient (Wildman–Crippen LogP) is 1.58. The van der Waals surface area contributed by atoms with Gasteiger partial charge in [-0.05, 0) is 26.0 Å². The fraction of sp³-hybridized carbons (Fsp3) is 0.385. The molecule has 2 aromatic rings. The van der Waals surface area contributed by atoms with Crippen LogP contribution in [0.4, 0.5) is 0 Å². The smallest absolute Gasteiger partial charge is 0.244 e. The summed E-state index contributed by atoms with van der Waals surface area (Å²) in [7, 11) is -3.68. The first-order chi connectivity index (χ1) is 9.42. The predicted molar refractivity (Wildman–Crippen MR) is 71.6 cm³/mol. The first kappa shape index (κ1) is 14.8. The van der Waals surface area contributed by atoms with Crippen LogP contribution in [-0.4, -0.2) is 19.6 Å². The summed E-state index contributed by atoms with van der Waals surface area (Å²) in [6.45, 7) is 2.96. The Morgan fingerprint density at radius 1 is 1.40 bits per heavy atom. The average molecular weight is 299 g/mol. The van der Waals surface area contributed by atoms with E-state index in [0.717, 1.165) is 0 Å². The molecule has 2 aromatic heterocycles. The summed E-state index contributed by atoms with van der Waals surface area (Å²) in [6, 6.07) is 4.55. The van der Waals surface area contributed by atoms with E-state index in [-0.39, 0.29) is 29.1 Å². The summed E-state index contributed by atoms with van der Waals surface area (Å²) in [5.41, 5.74) is 0. The Bertz CT molecular complexity index is 657. The van der Waals surface area contributed by atoms with E-state index in [0.29, 0.717) is 12.2 Å². The van der Waals surface area contributed by atoms with E-state index in [4.69, 9.17) is 13.9 Å². The van der Waals surface area contributed by atoms with Gasteiger partial charge in [-0.3, -0.25) is 0 Å². The molecule has 0 amide bonds. The van der Waals surface area contributed by atoms with Crippen LogP contribution >= 0.6 is 0 Å². The molecular weight excluding hydrogens is 282 g/mol. The molecule has 0 saturated heterocycles. The van der Waals surface area contributed by atoms with E-state index in [1.54, 1.807) is 32.2 Å². The summed E-state index contributed by atoms with van der Waals surface area (Å²) in [4.78, 5) is 0.0489. The van der Waals surface area contributed by atoms with E-state index in [9.17, 15) is 8.42 Å². The van der Waals surface area contributed by atoms with Crippen molar-refractivity contribution in [3.63, 3.8) is 0 Å². The average Bonchev–Trinajstić information content (AvgIpc) is 2.97. The minimum absolute atomic E-state index is 0.0489. The van der Waals surface area contributed by atoms with Gasteiger partial charge in [0, 0.05) is 18.5 Å². The zero-order valence-corrected chi connectivity index (χ0v) is 12.1. The number of hydrogen-bond donors (Lipinski definition) is 2. The Hall–Kier alpha value is -1.57. The highest BCUT2D eigenvalue weighted by molar-refractivity contribution is 7.89. The maximum absolute atomic E-state index is 12.2. The third-order valence-electron chi connectivity index (χ3n) is 2.81. The number of sulfonamides is 1. The third kappa shape index (κ3) is 3.30. The van der Waals surface area contributed by atoms with Crippen molar-refractivity contribution in [2.45, 2.75) is 37.8 Å². The van der Waals surface area contributed by atoms with Crippen molar-refractivity contribution >= 4 is 10.0 Å². The second-order valence-corrected chi connectivity index (χ2v) is 6.28. The number of hydrogen-bond acceptors (Lipinski definition) is 5. The van der Waals surface area contributed by atoms with Crippen molar-refractivity contribution in [1.29, 1.82) is 0 Å². The topological polar surface area (TPSA) is 92.7 Å². The fourth-order valence-corrected chi connectivity index (χ4v) is 3.42. The quantitative estimate of drug-likeness (QED) is 0.845. The van der Waals surface area contributed by atoms with Gasteiger partial charge in [-0.2, -0.15) is 0 Å². The van der Waals surface area contributed by atoms with Gasteiger partial charge in [0.2, 0.25) is 10.0 Å². The van der Waals surface area contributed by atoms with Crippen LogP contribution in [0.3, 0.4) is 0 Å². The Labute approximate surface area is 117 Å². The van der Waals surface area contributed by atoms with Crippen molar-refractivity contribution in [2.75, 3.05) is 0 Å². The molecule has 0 aliphatic carbocycles. The molecule has 0 radical (unpaired) electrons. The largest absolute Gasteiger partial charge is 0.469 e. The molecule has 0 saturated carbocycles. The van der Waals surface area contributed by atoms with Crippen molar-refractivity contribution in [1.82, 2.24) is 4.72 Å². The zero-order chi connectivity index (χ0) is 14.8. The molecule has 110 valence electrons. The molecule has 7 heteroatoms. The molecule has 1 unspecified atom stereocenters. The van der Waals surface area contributed by atoms with Crippen LogP contribution in [0, 0.1) is 6.92 Å². The lowest BCUT2D eigenvalue weighted by molar-refractivity contribution is 0.244. The maximum Gasteiger partial charge on any atom is 0.244 e. The second-order valence-electron chi connectivity index (χ2n) is 4.60. The molecule has 2 rings (SSSR count). The second kappa shape index (κ2) is 5.82. The molecular formula is C13H17NO5S. The molecule has 0 spiro atoms. The summed E-state index contributed by atoms with van der Waals surface area (Å²) < 4.78 is 37.4. The van der Waals surface area contributed by atoms with Crippen LogP contribution in [0.1, 0.15) is 24.2 Å². The fourth-order valence-electron chi connectivity index (χ4n) is 1.97. The standard InChI is InChI=1S/C13H17NO5S/c1-9(6-11-4-3-5-18-11)14-20(16,17)13-7-12(8-15)19-10(13)2/h3-5,7,9,14-15H,6,8H2,1-2H3. The lowest BCUT2D eigenvalue weighted by atomic mass is 10.2. The van der Waals surface area contributed by atoms with E-state index in [2.05, 4.69) is 4.72 Å². The Balaban J connectivity index is 2.12. The molecule has 0 aromatic carbocycles. The van der Waals surface area contributed by atoms with Crippen molar-refractivity contribution in [3.8, 4) is 0 Å². The number of furan rings is 2. The van der Waals surface area contributed by atoms with Gasteiger partial charge in [0.25, 0.3) is 0 Å². The van der Waals surface area contributed by atoms with Crippen LogP contribution in [0.25, 0.3) is 0 Å². The SMILES string of the molecule is Cc1oc(CO)cc1S(=O)(=O)NC(C)Cc1ccco1. The number of aryl methyl sites for hydroxylation is 1. The highest BCUT2D eigenvalue weighted by Crippen LogP contribution is 2.20. The van der Waals surface area contributed by atoms with Crippen LogP contribution < -0.4 is 4.72 Å². The number of rotatable bonds is 6. The van der Waals surface area contributed by atoms with Crippen molar-refractivity contribution in [2.24, 2.45) is 0 Å². The van der Waals surface area contributed by atoms with Gasteiger partial charge < -0.3 is 13.9 Å². The number of aliphatic hydroxyl groups excluding tert-OH is 1. The first-order valence-electron chi connectivity index (χ1n) is 6.17. The van der Waals surface area contributed by atoms with Gasteiger partial charge >= 0.3 is 0 Å². The van der Waals surface area contributed by atoms with E-state index in [1.807, 2.05) is 0 Å². The first-order valence-corrected chi connectivity index (χ1v) is 7.65. The molecule has 20 heavy (non-hydrogen) atoms. The minimum Gasteiger partial charge on any atom is -0.469 e. The van der Waals surface area contributed by atoms with E-state index < -0.39 is 10.0 Å². The Morgan fingerprint density at radius 2 is 2.15 bits per heavy atom. The Kier molecular flexibility index (Phi) is 4.32. The van der Waals surface area contributed by atoms with Crippen LogP contribution in [0.2, 0.25) is 0 Å². The summed E-state index contributed by atoms with van der Waals surface area (Å²) in [5, 5.41) is 8.97. The van der Waals surface area contributed by atoms with Gasteiger partial charge in [-0.25, -0.2) is 13.1 Å². The van der Waals surface area contributed by atoms with Crippen molar-refractivity contribution < 1.29 is 22.4 Å². The summed E-state index contributed by atoms with van der Waals surface area (Å²) in [5.74, 6) is 1.19.